The fraction of sp³-hybridized carbons (Fsp3) is 0.200. The van der Waals surface area contributed by atoms with Gasteiger partial charge in [-0.1, -0.05) is 0 Å². The smallest absolute Gasteiger partial charge is 0.194 e. The van der Waals surface area contributed by atoms with Gasteiger partial charge in [0.2, 0.25) is 0 Å². The van der Waals surface area contributed by atoms with Crippen molar-refractivity contribution < 1.29 is 4.42 Å². The molecule has 1 N–H and O–H groups in total. The Balaban J connectivity index is 2.76. The predicted molar refractivity (Wildman–Crippen MR) is 27.1 cm³/mol. The second kappa shape index (κ2) is 1.69. The van der Waals surface area contributed by atoms with Gasteiger partial charge in [0.15, 0.2) is 6.26 Å². The summed E-state index contributed by atoms with van der Waals surface area (Å²) in [4.78, 5) is 0. The molecule has 0 fully saturated rings. The van der Waals surface area contributed by atoms with Gasteiger partial charge in [-0.25, -0.2) is 0 Å². The summed E-state index contributed by atoms with van der Waals surface area (Å²) in [7, 11) is 1.82. The highest BCUT2D eigenvalue weighted by atomic mass is 16.3. The van der Waals surface area contributed by atoms with Crippen LogP contribution in [0.1, 0.15) is 0 Å². The minimum absolute atomic E-state index is 0.889. The lowest BCUT2D eigenvalue weighted by molar-refractivity contribution is 0.559. The highest BCUT2D eigenvalue weighted by Crippen LogP contribution is 2.01. The average Bonchev–Trinajstić information content (AvgIpc) is 2.14. The number of furan rings is 1. The lowest BCUT2D eigenvalue weighted by Gasteiger charge is -1.83. The van der Waals surface area contributed by atoms with Gasteiger partial charge in [-0.05, 0) is 0 Å². The van der Waals surface area contributed by atoms with Crippen molar-refractivity contribution in [3.8, 4) is 0 Å². The van der Waals surface area contributed by atoms with E-state index in [-0.39, 0.29) is 0 Å². The zero-order chi connectivity index (χ0) is 5.11. The normalized spacial score (nSPS) is 8.71. The average molecular weight is 96.1 g/mol. The van der Waals surface area contributed by atoms with E-state index in [1.165, 1.54) is 0 Å². The molecule has 0 bridgehead atoms. The maximum absolute atomic E-state index is 4.62. The van der Waals surface area contributed by atoms with E-state index in [4.69, 9.17) is 0 Å². The summed E-state index contributed by atoms with van der Waals surface area (Å²) >= 11 is 0. The van der Waals surface area contributed by atoms with E-state index < -0.39 is 0 Å². The molecule has 1 rings (SSSR count). The summed E-state index contributed by atoms with van der Waals surface area (Å²) in [6.45, 7) is 0. The molecular weight excluding hydrogens is 90.1 g/mol. The van der Waals surface area contributed by atoms with Crippen molar-refractivity contribution in [3.63, 3.8) is 0 Å². The lowest BCUT2D eigenvalue weighted by atomic mass is 10.5. The highest BCUT2D eigenvalue weighted by Gasteiger charge is 1.83. The van der Waals surface area contributed by atoms with E-state index in [1.54, 1.807) is 12.3 Å². The molecule has 0 saturated heterocycles. The molecule has 2 nitrogen and oxygen atoms in total. The zero-order valence-electron chi connectivity index (χ0n) is 4.06. The van der Waals surface area contributed by atoms with Crippen molar-refractivity contribution >= 4 is 5.69 Å². The molecule has 0 amide bonds. The molecule has 0 spiro atoms. The predicted octanol–water partition coefficient (Wildman–Crippen LogP) is 1.12. The van der Waals surface area contributed by atoms with E-state index in [2.05, 4.69) is 16.0 Å². The zero-order valence-corrected chi connectivity index (χ0v) is 4.06. The Morgan fingerprint density at radius 2 is 2.71 bits per heavy atom. The van der Waals surface area contributed by atoms with Gasteiger partial charge in [0.25, 0.3) is 0 Å². The van der Waals surface area contributed by atoms with Crippen molar-refractivity contribution in [2.24, 2.45) is 0 Å². The minimum atomic E-state index is 0.889. The van der Waals surface area contributed by atoms with Gasteiger partial charge in [0.1, 0.15) is 0 Å². The molecule has 37 valence electrons. The number of rotatable bonds is 1. The second-order valence-corrected chi connectivity index (χ2v) is 1.19. The Kier molecular flexibility index (Phi) is 1.02. The maximum atomic E-state index is 4.62. The Bertz CT molecular complexity index is 123. The summed E-state index contributed by atoms with van der Waals surface area (Å²) in [6.07, 6.45) is 4.18. The topological polar surface area (TPSA) is 25.2 Å². The molecule has 0 aliphatic heterocycles. The summed E-state index contributed by atoms with van der Waals surface area (Å²) in [6, 6.07) is 1.81. The third kappa shape index (κ3) is 0.738. The van der Waals surface area contributed by atoms with Crippen LogP contribution in [-0.4, -0.2) is 7.05 Å². The molecule has 2 heteroatoms. The Hall–Kier alpha value is -0.920. The summed E-state index contributed by atoms with van der Waals surface area (Å²) < 4.78 is 4.62. The third-order valence-corrected chi connectivity index (χ3v) is 0.741. The van der Waals surface area contributed by atoms with E-state index in [0.29, 0.717) is 0 Å². The fourth-order valence-electron chi connectivity index (χ4n) is 0.368. The Morgan fingerprint density at radius 3 is 3.00 bits per heavy atom. The van der Waals surface area contributed by atoms with Gasteiger partial charge in [-0.3, -0.25) is 0 Å². The molecule has 1 heterocycles. The summed E-state index contributed by atoms with van der Waals surface area (Å²) in [5.74, 6) is 0. The van der Waals surface area contributed by atoms with E-state index in [9.17, 15) is 0 Å². The lowest BCUT2D eigenvalue weighted by Crippen LogP contribution is -1.81. The van der Waals surface area contributed by atoms with Crippen LogP contribution in [-0.2, 0) is 0 Å². The molecule has 1 aromatic heterocycles. The van der Waals surface area contributed by atoms with Crippen molar-refractivity contribution in [1.29, 1.82) is 0 Å². The molecule has 0 saturated carbocycles. The first kappa shape index (κ1) is 4.24. The number of hydrogen-bond donors (Lipinski definition) is 1. The van der Waals surface area contributed by atoms with Gasteiger partial charge in [-0.15, -0.1) is 0 Å². The SMILES string of the molecule is CNc1[c]occ1. The van der Waals surface area contributed by atoms with E-state index >= 15 is 0 Å². The van der Waals surface area contributed by atoms with Crippen molar-refractivity contribution in [3.05, 3.63) is 18.6 Å². The molecule has 0 aromatic carbocycles. The van der Waals surface area contributed by atoms with Crippen LogP contribution in [0.15, 0.2) is 16.7 Å². The maximum Gasteiger partial charge on any atom is 0.194 e. The van der Waals surface area contributed by atoms with Crippen LogP contribution in [0.2, 0.25) is 0 Å². The van der Waals surface area contributed by atoms with Gasteiger partial charge in [0, 0.05) is 13.1 Å². The molecule has 0 unspecified atom stereocenters. The van der Waals surface area contributed by atoms with Crippen LogP contribution >= 0.6 is 0 Å². The first-order valence-electron chi connectivity index (χ1n) is 2.06. The van der Waals surface area contributed by atoms with Crippen molar-refractivity contribution in [1.82, 2.24) is 0 Å². The summed E-state index contributed by atoms with van der Waals surface area (Å²) in [5, 5.41) is 2.86. The quantitative estimate of drug-likeness (QED) is 0.566. The van der Waals surface area contributed by atoms with E-state index in [0.717, 1.165) is 5.69 Å². The van der Waals surface area contributed by atoms with Crippen LogP contribution in [0.3, 0.4) is 0 Å². The summed E-state index contributed by atoms with van der Waals surface area (Å²) in [5.41, 5.74) is 0.889. The largest absolute Gasteiger partial charge is 0.459 e. The molecular formula is C5H6NO. The number of anilines is 1. The molecule has 1 aromatic rings. The molecule has 7 heavy (non-hydrogen) atoms. The fourth-order valence-corrected chi connectivity index (χ4v) is 0.368. The standard InChI is InChI=1S/C5H6NO/c1-6-5-2-3-7-4-5/h2-3,6H,1H3. The van der Waals surface area contributed by atoms with Gasteiger partial charge < -0.3 is 9.73 Å². The van der Waals surface area contributed by atoms with Gasteiger partial charge >= 0.3 is 0 Å². The van der Waals surface area contributed by atoms with Crippen LogP contribution < -0.4 is 5.32 Å². The molecule has 1 radical (unpaired) electrons. The van der Waals surface area contributed by atoms with Crippen LogP contribution in [0.4, 0.5) is 5.69 Å². The first-order chi connectivity index (χ1) is 3.43. The first-order valence-corrected chi connectivity index (χ1v) is 2.06. The Morgan fingerprint density at radius 1 is 1.86 bits per heavy atom. The molecule has 0 atom stereocenters. The van der Waals surface area contributed by atoms with Crippen molar-refractivity contribution in [2.75, 3.05) is 12.4 Å². The van der Waals surface area contributed by atoms with Gasteiger partial charge in [-0.2, -0.15) is 0 Å². The van der Waals surface area contributed by atoms with Crippen LogP contribution in [0.25, 0.3) is 0 Å². The van der Waals surface area contributed by atoms with Crippen LogP contribution in [0, 0.1) is 6.26 Å². The number of nitrogens with one attached hydrogen (secondary N) is 1. The van der Waals surface area contributed by atoms with Crippen LogP contribution in [0.5, 0.6) is 0 Å². The van der Waals surface area contributed by atoms with Crippen molar-refractivity contribution in [2.45, 2.75) is 0 Å². The molecule has 0 aliphatic rings. The monoisotopic (exact) mass is 96.0 g/mol. The van der Waals surface area contributed by atoms with Gasteiger partial charge in [0.05, 0.1) is 12.0 Å². The second-order valence-electron chi connectivity index (χ2n) is 1.19. The van der Waals surface area contributed by atoms with E-state index in [1.807, 2.05) is 7.05 Å². The number of hydrogen-bond acceptors (Lipinski definition) is 2. The minimum Gasteiger partial charge on any atom is -0.459 e. The molecule has 0 aliphatic carbocycles. The highest BCUT2D eigenvalue weighted by molar-refractivity contribution is 5.36. The third-order valence-electron chi connectivity index (χ3n) is 0.741. The Labute approximate surface area is 42.1 Å².